The van der Waals surface area contributed by atoms with Crippen molar-refractivity contribution in [3.05, 3.63) is 107 Å². The molecule has 50 heavy (non-hydrogen) atoms. The number of hydrazine groups is 1. The van der Waals surface area contributed by atoms with Crippen LogP contribution in [0, 0.1) is 12.1 Å². The predicted molar refractivity (Wildman–Crippen MR) is 169 cm³/mol. The number of carbonyl (C=O) groups is 2. The summed E-state index contributed by atoms with van der Waals surface area (Å²) in [5, 5.41) is 20.7. The molecule has 1 fully saturated rings. The van der Waals surface area contributed by atoms with Crippen LogP contribution in [-0.4, -0.2) is 65.7 Å². The largest absolute Gasteiger partial charge is 0.569 e. The van der Waals surface area contributed by atoms with E-state index in [-0.39, 0.29) is 39.9 Å². The van der Waals surface area contributed by atoms with Crippen molar-refractivity contribution in [2.75, 3.05) is 13.1 Å². The highest BCUT2D eigenvalue weighted by Crippen LogP contribution is 2.33. The Morgan fingerprint density at radius 3 is 2.40 bits per heavy atom. The van der Waals surface area contributed by atoms with Crippen LogP contribution in [0.3, 0.4) is 0 Å². The third-order valence-electron chi connectivity index (χ3n) is 7.38. The molecule has 2 atom stereocenters. The highest BCUT2D eigenvalue weighted by atomic mass is 32.2. The third-order valence-corrected chi connectivity index (χ3v) is 8.70. The topological polar surface area (TPSA) is 167 Å². The minimum absolute atomic E-state index is 0.111. The average molecular weight is 717 g/mol. The summed E-state index contributed by atoms with van der Waals surface area (Å²) in [5.74, 6) is -0.682. The van der Waals surface area contributed by atoms with Crippen molar-refractivity contribution in [3.8, 4) is 16.9 Å². The second-order valence-electron chi connectivity index (χ2n) is 11.2. The molecule has 1 saturated heterocycles. The third kappa shape index (κ3) is 8.87. The Hall–Kier alpha value is -5.65. The molecule has 1 aliphatic heterocycles. The number of piperidine rings is 1. The van der Waals surface area contributed by atoms with E-state index in [1.54, 1.807) is 59.3 Å². The zero-order chi connectivity index (χ0) is 36.1. The maximum atomic E-state index is 13.5. The summed E-state index contributed by atoms with van der Waals surface area (Å²) < 4.78 is 79.7. The summed E-state index contributed by atoms with van der Waals surface area (Å²) in [6.07, 6.45) is -7.44. The molecule has 2 unspecified atom stereocenters. The van der Waals surface area contributed by atoms with E-state index in [1.807, 2.05) is 6.92 Å². The van der Waals surface area contributed by atoms with Gasteiger partial charge in [-0.05, 0) is 62.2 Å². The first-order valence-corrected chi connectivity index (χ1v) is 16.6. The molecule has 1 N–H and O–H groups in total. The number of aryl methyl sites for hydroxylation is 1. The van der Waals surface area contributed by atoms with Gasteiger partial charge in [-0.25, -0.2) is 27.4 Å². The van der Waals surface area contributed by atoms with Crippen molar-refractivity contribution in [1.82, 2.24) is 19.5 Å². The molecule has 0 aliphatic carbocycles. The van der Waals surface area contributed by atoms with Gasteiger partial charge in [-0.3, -0.25) is 4.84 Å². The van der Waals surface area contributed by atoms with Crippen LogP contribution in [0.1, 0.15) is 41.4 Å². The Bertz CT molecular complexity index is 1950. The van der Waals surface area contributed by atoms with Gasteiger partial charge in [-0.2, -0.15) is 18.3 Å². The normalized spacial score (nSPS) is 16.0. The molecular formula is C32H31F3N6O8S. The first-order chi connectivity index (χ1) is 23.7. The number of hydrogen-bond donors (Lipinski definition) is 1. The number of hydrogen-bond acceptors (Lipinski definition) is 10. The number of nitrogens with zero attached hydrogens (tertiary/aromatic N) is 5. The molecule has 2 heterocycles. The van der Waals surface area contributed by atoms with Crippen LogP contribution < -0.4 is 4.72 Å². The Morgan fingerprint density at radius 2 is 1.74 bits per heavy atom. The van der Waals surface area contributed by atoms with Crippen molar-refractivity contribution in [3.63, 3.8) is 0 Å². The van der Waals surface area contributed by atoms with E-state index < -0.39 is 46.4 Å². The van der Waals surface area contributed by atoms with Crippen molar-refractivity contribution in [2.45, 2.75) is 50.2 Å². The number of ether oxygens (including phenoxy) is 2. The fourth-order valence-electron chi connectivity index (χ4n) is 4.90. The van der Waals surface area contributed by atoms with Crippen LogP contribution in [-0.2, 0) is 30.5 Å². The van der Waals surface area contributed by atoms with Gasteiger partial charge in [0.05, 0.1) is 33.4 Å². The number of nitrogens with one attached hydrogen (secondary N) is 1. The molecule has 0 radical (unpaired) electrons. The molecule has 0 spiro atoms. The molecule has 1 aliphatic rings. The van der Waals surface area contributed by atoms with E-state index in [0.29, 0.717) is 18.4 Å². The minimum Gasteiger partial charge on any atom is -0.569 e. The van der Waals surface area contributed by atoms with Crippen LogP contribution >= 0.6 is 0 Å². The SMILES string of the molecule is Cc1ccc(-c2cc(C(F)(F)F)nn2-c2ccc(S(=O)(=O)NC(=O)OC3CCCN(/[N+]([O-])=N\OC(C)OC(=O)c4ccccc4)C3)cc2)cc1. The van der Waals surface area contributed by atoms with Gasteiger partial charge in [0.2, 0.25) is 5.28 Å². The van der Waals surface area contributed by atoms with Gasteiger partial charge in [0.25, 0.3) is 16.3 Å². The molecule has 1 aromatic heterocycles. The molecule has 3 aromatic carbocycles. The Morgan fingerprint density at radius 1 is 1.06 bits per heavy atom. The van der Waals surface area contributed by atoms with Gasteiger partial charge in [-0.1, -0.05) is 48.0 Å². The van der Waals surface area contributed by atoms with E-state index in [9.17, 15) is 36.4 Å². The van der Waals surface area contributed by atoms with E-state index in [4.69, 9.17) is 14.3 Å². The van der Waals surface area contributed by atoms with Crippen LogP contribution in [0.25, 0.3) is 16.9 Å². The van der Waals surface area contributed by atoms with Gasteiger partial charge < -0.3 is 14.7 Å². The number of halogens is 3. The van der Waals surface area contributed by atoms with Gasteiger partial charge in [-0.15, -0.1) is 5.01 Å². The van der Waals surface area contributed by atoms with Crippen molar-refractivity contribution >= 4 is 22.1 Å². The standard InChI is InChI=1S/C32H31F3N6O8S/c1-21-10-12-23(13-11-21)28-19-29(32(33,34)35)36-40(28)25-14-16-27(17-15-25)50(45,46)37-31(43)48-26-9-6-18-39(20-26)41(44)38-49-22(2)47-30(42)24-7-4-3-5-8-24/h3-5,7-8,10-17,19,22,26H,6,9,18,20H2,1-2H3,(H,37,43)/b41-38+. The maximum Gasteiger partial charge on any atom is 0.435 e. The first kappa shape index (κ1) is 35.7. The predicted octanol–water partition coefficient (Wildman–Crippen LogP) is 5.76. The van der Waals surface area contributed by atoms with Crippen LogP contribution in [0.15, 0.2) is 95.1 Å². The maximum absolute atomic E-state index is 13.5. The second kappa shape index (κ2) is 14.9. The summed E-state index contributed by atoms with van der Waals surface area (Å²) >= 11 is 0. The first-order valence-electron chi connectivity index (χ1n) is 15.1. The van der Waals surface area contributed by atoms with Crippen molar-refractivity contribution in [2.24, 2.45) is 5.28 Å². The lowest BCUT2D eigenvalue weighted by molar-refractivity contribution is -0.716. The summed E-state index contributed by atoms with van der Waals surface area (Å²) in [6, 6.07) is 20.5. The number of benzene rings is 3. The Balaban J connectivity index is 1.19. The highest BCUT2D eigenvalue weighted by Gasteiger charge is 2.35. The minimum atomic E-state index is -4.72. The highest BCUT2D eigenvalue weighted by molar-refractivity contribution is 7.90. The molecule has 0 bridgehead atoms. The fourth-order valence-corrected chi connectivity index (χ4v) is 5.78. The monoisotopic (exact) mass is 716 g/mol. The van der Waals surface area contributed by atoms with Crippen LogP contribution in [0.2, 0.25) is 0 Å². The van der Waals surface area contributed by atoms with Gasteiger partial charge >= 0.3 is 18.2 Å². The Labute approximate surface area is 284 Å². The molecular weight excluding hydrogens is 685 g/mol. The summed E-state index contributed by atoms with van der Waals surface area (Å²) in [7, 11) is -4.47. The van der Waals surface area contributed by atoms with Crippen LogP contribution in [0.4, 0.5) is 18.0 Å². The number of rotatable bonds is 10. The van der Waals surface area contributed by atoms with Crippen LogP contribution in [0.5, 0.6) is 0 Å². The fraction of sp³-hybridized carbons (Fsp3) is 0.281. The average Bonchev–Trinajstić information content (AvgIpc) is 3.54. The molecule has 264 valence electrons. The molecule has 14 nitrogen and oxygen atoms in total. The number of sulfonamides is 1. The lowest BCUT2D eigenvalue weighted by atomic mass is 10.1. The smallest absolute Gasteiger partial charge is 0.435 e. The molecule has 0 saturated carbocycles. The number of alkyl halides is 3. The second-order valence-corrected chi connectivity index (χ2v) is 12.8. The van der Waals surface area contributed by atoms with Crippen molar-refractivity contribution < 1.29 is 50.5 Å². The zero-order valence-corrected chi connectivity index (χ0v) is 27.4. The number of aromatic nitrogens is 2. The number of carbonyl (C=O) groups excluding carboxylic acids is 2. The molecule has 5 rings (SSSR count). The van der Waals surface area contributed by atoms with Gasteiger partial charge in [0.15, 0.2) is 5.69 Å². The Kier molecular flexibility index (Phi) is 10.6. The quantitative estimate of drug-likeness (QED) is 0.0701. The van der Waals surface area contributed by atoms with Gasteiger partial charge in [0.1, 0.15) is 12.6 Å². The lowest BCUT2D eigenvalue weighted by Gasteiger charge is -2.28. The lowest BCUT2D eigenvalue weighted by Crippen LogP contribution is -2.45. The number of esters is 1. The zero-order valence-electron chi connectivity index (χ0n) is 26.6. The number of amides is 1. The molecule has 4 aromatic rings. The summed E-state index contributed by atoms with van der Waals surface area (Å²) in [5.41, 5.74) is 0.783. The van der Waals surface area contributed by atoms with E-state index >= 15 is 0 Å². The van der Waals surface area contributed by atoms with E-state index in [0.717, 1.165) is 33.5 Å². The van der Waals surface area contributed by atoms with Crippen molar-refractivity contribution in [1.29, 1.82) is 0 Å². The summed E-state index contributed by atoms with van der Waals surface area (Å²) in [4.78, 5) is 29.4. The molecule has 18 heteroatoms. The summed E-state index contributed by atoms with van der Waals surface area (Å²) in [6.45, 7) is 3.26. The van der Waals surface area contributed by atoms with E-state index in [1.165, 1.54) is 19.1 Å². The van der Waals surface area contributed by atoms with E-state index in [2.05, 4.69) is 10.4 Å². The molecule has 1 amide bonds. The van der Waals surface area contributed by atoms with Gasteiger partial charge in [0, 0.05) is 12.5 Å².